The van der Waals surface area contributed by atoms with E-state index in [0.717, 1.165) is 17.9 Å². The van der Waals surface area contributed by atoms with Gasteiger partial charge in [0, 0.05) is 30.0 Å². The highest BCUT2D eigenvalue weighted by Gasteiger charge is 2.06. The summed E-state index contributed by atoms with van der Waals surface area (Å²) >= 11 is 7.01. The Morgan fingerprint density at radius 2 is 1.71 bits per heavy atom. The Morgan fingerprint density at radius 1 is 1.04 bits per heavy atom. The van der Waals surface area contributed by atoms with Crippen LogP contribution in [0.15, 0.2) is 64.4 Å². The van der Waals surface area contributed by atoms with Gasteiger partial charge >= 0.3 is 0 Å². The summed E-state index contributed by atoms with van der Waals surface area (Å²) < 4.78 is 22.8. The molecule has 24 heavy (non-hydrogen) atoms. The lowest BCUT2D eigenvalue weighted by atomic mass is 10.2. The molecule has 0 saturated heterocycles. The Morgan fingerprint density at radius 3 is 2.33 bits per heavy atom. The van der Waals surface area contributed by atoms with Crippen molar-refractivity contribution in [2.24, 2.45) is 0 Å². The fourth-order valence-corrected chi connectivity index (χ4v) is 3.54. The molecule has 0 spiro atoms. The number of thioether (sulfide) groups is 1. The summed E-state index contributed by atoms with van der Waals surface area (Å²) in [4.78, 5) is 1.56. The first-order chi connectivity index (χ1) is 11.4. The molecule has 0 unspecified atom stereocenters. The number of hydrogen-bond donors (Lipinski definition) is 2. The van der Waals surface area contributed by atoms with Crippen molar-refractivity contribution >= 4 is 38.9 Å². The molecule has 0 aliphatic heterocycles. The van der Waals surface area contributed by atoms with Crippen molar-refractivity contribution in [1.82, 2.24) is 10.6 Å². The second-order valence-corrected chi connectivity index (χ2v) is 8.78. The van der Waals surface area contributed by atoms with E-state index in [0.29, 0.717) is 16.6 Å². The predicted octanol–water partition coefficient (Wildman–Crippen LogP) is 2.85. The van der Waals surface area contributed by atoms with Gasteiger partial charge in [0.05, 0.1) is 4.90 Å². The van der Waals surface area contributed by atoms with E-state index in [4.69, 9.17) is 12.2 Å². The summed E-state index contributed by atoms with van der Waals surface area (Å²) in [5.41, 5.74) is 0.977. The minimum absolute atomic E-state index is 0.324. The molecule has 4 nitrogen and oxygen atoms in total. The number of nitrogens with one attached hydrogen (secondary N) is 2. The maximum Gasteiger partial charge on any atom is 0.175 e. The fraction of sp³-hybridized carbons (Fsp3) is 0.235. The highest BCUT2D eigenvalue weighted by molar-refractivity contribution is 7.99. The van der Waals surface area contributed by atoms with Crippen LogP contribution in [0.3, 0.4) is 0 Å². The molecule has 7 heteroatoms. The summed E-state index contributed by atoms with van der Waals surface area (Å²) in [6.07, 6.45) is 1.20. The quantitative estimate of drug-likeness (QED) is 0.438. The molecule has 2 aromatic carbocycles. The van der Waals surface area contributed by atoms with Crippen LogP contribution < -0.4 is 10.6 Å². The van der Waals surface area contributed by atoms with Crippen LogP contribution in [0, 0.1) is 0 Å². The normalized spacial score (nSPS) is 11.0. The van der Waals surface area contributed by atoms with E-state index in [9.17, 15) is 8.42 Å². The Kier molecular flexibility index (Phi) is 7.08. The van der Waals surface area contributed by atoms with Crippen molar-refractivity contribution in [3.8, 4) is 0 Å². The van der Waals surface area contributed by atoms with E-state index < -0.39 is 9.84 Å². The van der Waals surface area contributed by atoms with E-state index in [1.807, 2.05) is 18.2 Å². The van der Waals surface area contributed by atoms with Gasteiger partial charge in [0.15, 0.2) is 14.9 Å². The number of thiocarbonyl (C=S) groups is 1. The molecule has 0 aliphatic carbocycles. The molecule has 2 N–H and O–H groups in total. The SMILES string of the molecule is CS(=O)(=O)c1ccc(CNC(=S)NCCSc2ccccc2)cc1. The predicted molar refractivity (Wildman–Crippen MR) is 104 cm³/mol. The van der Waals surface area contributed by atoms with E-state index in [1.54, 1.807) is 36.0 Å². The zero-order valence-corrected chi connectivity index (χ0v) is 15.8. The highest BCUT2D eigenvalue weighted by atomic mass is 32.2. The highest BCUT2D eigenvalue weighted by Crippen LogP contribution is 2.15. The first kappa shape index (κ1) is 18.8. The second-order valence-electron chi connectivity index (χ2n) is 5.19. The van der Waals surface area contributed by atoms with Gasteiger partial charge in [-0.05, 0) is 42.0 Å². The lowest BCUT2D eigenvalue weighted by Gasteiger charge is -2.10. The van der Waals surface area contributed by atoms with Crippen LogP contribution in [-0.4, -0.2) is 32.1 Å². The van der Waals surface area contributed by atoms with E-state index in [-0.39, 0.29) is 0 Å². The topological polar surface area (TPSA) is 58.2 Å². The Labute approximate surface area is 153 Å². The molecule has 0 saturated carbocycles. The minimum atomic E-state index is -3.15. The van der Waals surface area contributed by atoms with Crippen molar-refractivity contribution < 1.29 is 8.42 Å². The molecule has 0 radical (unpaired) electrons. The van der Waals surface area contributed by atoms with Crippen LogP contribution in [0.5, 0.6) is 0 Å². The van der Waals surface area contributed by atoms with E-state index >= 15 is 0 Å². The smallest absolute Gasteiger partial charge is 0.175 e. The number of sulfone groups is 1. The molecular weight excluding hydrogens is 360 g/mol. The van der Waals surface area contributed by atoms with Crippen LogP contribution in [0.25, 0.3) is 0 Å². The minimum Gasteiger partial charge on any atom is -0.362 e. The third kappa shape index (κ3) is 6.51. The summed E-state index contributed by atoms with van der Waals surface area (Å²) in [7, 11) is -3.15. The maximum atomic E-state index is 11.4. The van der Waals surface area contributed by atoms with Gasteiger partial charge in [0.25, 0.3) is 0 Å². The third-order valence-corrected chi connectivity index (χ3v) is 5.64. The van der Waals surface area contributed by atoms with Crippen molar-refractivity contribution in [3.05, 3.63) is 60.2 Å². The van der Waals surface area contributed by atoms with E-state index in [1.165, 1.54) is 11.2 Å². The van der Waals surface area contributed by atoms with Crippen LogP contribution in [0.1, 0.15) is 5.56 Å². The molecule has 0 heterocycles. The summed E-state index contributed by atoms with van der Waals surface area (Å²) in [6, 6.07) is 17.0. The summed E-state index contributed by atoms with van der Waals surface area (Å²) in [5, 5.41) is 6.87. The third-order valence-electron chi connectivity index (χ3n) is 3.20. The average Bonchev–Trinajstić information content (AvgIpc) is 2.57. The van der Waals surface area contributed by atoms with Crippen molar-refractivity contribution in [2.75, 3.05) is 18.6 Å². The van der Waals surface area contributed by atoms with Gasteiger partial charge in [-0.2, -0.15) is 0 Å². The molecule has 0 fully saturated rings. The molecule has 128 valence electrons. The lowest BCUT2D eigenvalue weighted by molar-refractivity contribution is 0.602. The van der Waals surface area contributed by atoms with Crippen molar-refractivity contribution in [2.45, 2.75) is 16.3 Å². The molecule has 0 aliphatic rings. The van der Waals surface area contributed by atoms with Gasteiger partial charge in [0.2, 0.25) is 0 Å². The lowest BCUT2D eigenvalue weighted by Crippen LogP contribution is -2.35. The number of hydrogen-bond acceptors (Lipinski definition) is 4. The molecule has 2 aromatic rings. The first-order valence-electron chi connectivity index (χ1n) is 7.44. The average molecular weight is 381 g/mol. The summed E-state index contributed by atoms with van der Waals surface area (Å²) in [5.74, 6) is 0.925. The second kappa shape index (κ2) is 9.05. The van der Waals surface area contributed by atoms with Gasteiger partial charge in [-0.25, -0.2) is 8.42 Å². The maximum absolute atomic E-state index is 11.4. The fourth-order valence-electron chi connectivity index (χ4n) is 1.95. The van der Waals surface area contributed by atoms with Crippen LogP contribution in [0.2, 0.25) is 0 Å². The zero-order chi connectivity index (χ0) is 17.4. The van der Waals surface area contributed by atoms with E-state index in [2.05, 4.69) is 22.8 Å². The van der Waals surface area contributed by atoms with Gasteiger partial charge < -0.3 is 10.6 Å². The molecule has 0 aromatic heterocycles. The van der Waals surface area contributed by atoms with Crippen molar-refractivity contribution in [1.29, 1.82) is 0 Å². The van der Waals surface area contributed by atoms with Crippen LogP contribution in [0.4, 0.5) is 0 Å². The Bertz CT molecular complexity index is 760. The molecule has 0 bridgehead atoms. The number of benzene rings is 2. The largest absolute Gasteiger partial charge is 0.362 e. The molecular formula is C17H20N2O2S3. The standard InChI is InChI=1S/C17H20N2O2S3/c1-24(20,21)16-9-7-14(8-10-16)13-19-17(22)18-11-12-23-15-5-3-2-4-6-15/h2-10H,11-13H2,1H3,(H2,18,19,22). The molecule has 0 atom stereocenters. The Balaban J connectivity index is 1.67. The number of rotatable bonds is 7. The first-order valence-corrected chi connectivity index (χ1v) is 10.7. The van der Waals surface area contributed by atoms with Crippen molar-refractivity contribution in [3.63, 3.8) is 0 Å². The zero-order valence-electron chi connectivity index (χ0n) is 13.4. The van der Waals surface area contributed by atoms with Gasteiger partial charge in [-0.1, -0.05) is 30.3 Å². The molecule has 2 rings (SSSR count). The van der Waals surface area contributed by atoms with Gasteiger partial charge in [-0.3, -0.25) is 0 Å². The molecule has 0 amide bonds. The summed E-state index contributed by atoms with van der Waals surface area (Å²) in [6.45, 7) is 1.33. The van der Waals surface area contributed by atoms with Crippen LogP contribution in [-0.2, 0) is 16.4 Å². The monoisotopic (exact) mass is 380 g/mol. The van der Waals surface area contributed by atoms with Gasteiger partial charge in [0.1, 0.15) is 0 Å². The Hall–Kier alpha value is -1.57. The van der Waals surface area contributed by atoms with Crippen LogP contribution >= 0.6 is 24.0 Å². The van der Waals surface area contributed by atoms with Gasteiger partial charge in [-0.15, -0.1) is 11.8 Å².